The summed E-state index contributed by atoms with van der Waals surface area (Å²) in [6.07, 6.45) is 4.97. The van der Waals surface area contributed by atoms with Crippen molar-refractivity contribution in [2.45, 2.75) is 39.5 Å². The lowest BCUT2D eigenvalue weighted by Crippen LogP contribution is -2.47. The molecule has 1 saturated heterocycles. The van der Waals surface area contributed by atoms with Crippen LogP contribution in [0.2, 0.25) is 0 Å². The van der Waals surface area contributed by atoms with Crippen LogP contribution in [-0.4, -0.2) is 25.5 Å². The van der Waals surface area contributed by atoms with Gasteiger partial charge in [0, 0.05) is 12.0 Å². The summed E-state index contributed by atoms with van der Waals surface area (Å²) in [4.78, 5) is 12.2. The van der Waals surface area contributed by atoms with Gasteiger partial charge in [-0.25, -0.2) is 0 Å². The van der Waals surface area contributed by atoms with Gasteiger partial charge in [-0.3, -0.25) is 4.79 Å². The van der Waals surface area contributed by atoms with Crippen LogP contribution in [0.25, 0.3) is 0 Å². The van der Waals surface area contributed by atoms with Crippen LogP contribution in [-0.2, 0) is 4.79 Å². The van der Waals surface area contributed by atoms with Gasteiger partial charge in [-0.05, 0) is 50.6 Å². The molecule has 0 aromatic heterocycles. The maximum atomic E-state index is 12.2. The predicted octanol–water partition coefficient (Wildman–Crippen LogP) is 1.54. The topological polar surface area (TPSA) is 41.1 Å². The normalized spacial score (nSPS) is 26.5. The standard InChI is InChI=1S/C13H24N2O/c1-13(2,11-4-3-7-14-9-11)12(16)15-8-10-5-6-10/h10-11,14H,3-9H2,1-2H3,(H,15,16). The molecule has 2 N–H and O–H groups in total. The Morgan fingerprint density at radius 1 is 1.38 bits per heavy atom. The fourth-order valence-corrected chi connectivity index (χ4v) is 2.44. The molecule has 2 aliphatic rings. The van der Waals surface area contributed by atoms with Gasteiger partial charge in [0.1, 0.15) is 0 Å². The quantitative estimate of drug-likeness (QED) is 0.760. The molecule has 1 saturated carbocycles. The largest absolute Gasteiger partial charge is 0.355 e. The highest BCUT2D eigenvalue weighted by molar-refractivity contribution is 5.82. The van der Waals surface area contributed by atoms with Crippen molar-refractivity contribution in [2.24, 2.45) is 17.3 Å². The van der Waals surface area contributed by atoms with E-state index in [-0.39, 0.29) is 11.3 Å². The number of amides is 1. The van der Waals surface area contributed by atoms with E-state index in [1.54, 1.807) is 0 Å². The number of carbonyl (C=O) groups is 1. The van der Waals surface area contributed by atoms with Crippen LogP contribution in [0.15, 0.2) is 0 Å². The Bertz CT molecular complexity index is 253. The third kappa shape index (κ3) is 2.76. The Morgan fingerprint density at radius 2 is 2.12 bits per heavy atom. The van der Waals surface area contributed by atoms with Crippen molar-refractivity contribution in [1.29, 1.82) is 0 Å². The van der Waals surface area contributed by atoms with Gasteiger partial charge in [0.25, 0.3) is 0 Å². The second-order valence-electron chi connectivity index (χ2n) is 5.92. The second kappa shape index (κ2) is 4.74. The Morgan fingerprint density at radius 3 is 2.69 bits per heavy atom. The molecule has 0 bridgehead atoms. The van der Waals surface area contributed by atoms with Gasteiger partial charge in [-0.2, -0.15) is 0 Å². The number of carbonyl (C=O) groups excluding carboxylic acids is 1. The molecule has 0 spiro atoms. The van der Waals surface area contributed by atoms with Crippen LogP contribution in [0.3, 0.4) is 0 Å². The maximum Gasteiger partial charge on any atom is 0.225 e. The van der Waals surface area contributed by atoms with Crippen LogP contribution in [0.1, 0.15) is 39.5 Å². The minimum atomic E-state index is -0.220. The van der Waals surface area contributed by atoms with Crippen LogP contribution in [0, 0.1) is 17.3 Å². The van der Waals surface area contributed by atoms with Gasteiger partial charge in [0.2, 0.25) is 5.91 Å². The van der Waals surface area contributed by atoms with E-state index in [0.29, 0.717) is 5.92 Å². The molecule has 0 aromatic rings. The first kappa shape index (κ1) is 11.9. The average molecular weight is 224 g/mol. The SMILES string of the molecule is CC(C)(C(=O)NCC1CC1)C1CCCNC1. The number of piperidine rings is 1. The molecule has 1 amide bonds. The average Bonchev–Trinajstić information content (AvgIpc) is 3.11. The summed E-state index contributed by atoms with van der Waals surface area (Å²) in [6, 6.07) is 0. The Balaban J connectivity index is 1.84. The zero-order chi connectivity index (χ0) is 11.6. The molecule has 3 nitrogen and oxygen atoms in total. The van der Waals surface area contributed by atoms with E-state index in [2.05, 4.69) is 24.5 Å². The summed E-state index contributed by atoms with van der Waals surface area (Å²) < 4.78 is 0. The fraction of sp³-hybridized carbons (Fsp3) is 0.923. The van der Waals surface area contributed by atoms with E-state index in [0.717, 1.165) is 25.6 Å². The smallest absolute Gasteiger partial charge is 0.225 e. The van der Waals surface area contributed by atoms with Crippen LogP contribution in [0.4, 0.5) is 0 Å². The molecule has 0 aromatic carbocycles. The van der Waals surface area contributed by atoms with Gasteiger partial charge < -0.3 is 10.6 Å². The molecule has 1 unspecified atom stereocenters. The number of rotatable bonds is 4. The number of hydrogen-bond acceptors (Lipinski definition) is 2. The van der Waals surface area contributed by atoms with Crippen LogP contribution in [0.5, 0.6) is 0 Å². The van der Waals surface area contributed by atoms with Crippen LogP contribution >= 0.6 is 0 Å². The molecule has 2 fully saturated rings. The van der Waals surface area contributed by atoms with Gasteiger partial charge in [-0.15, -0.1) is 0 Å². The van der Waals surface area contributed by atoms with Crippen molar-refractivity contribution >= 4 is 5.91 Å². The Labute approximate surface area is 98.4 Å². The number of hydrogen-bond donors (Lipinski definition) is 2. The molecule has 92 valence electrons. The van der Waals surface area contributed by atoms with E-state index in [4.69, 9.17) is 0 Å². The van der Waals surface area contributed by atoms with E-state index in [1.807, 2.05) is 0 Å². The summed E-state index contributed by atoms with van der Waals surface area (Å²) in [5.74, 6) is 1.50. The first-order valence-electron chi connectivity index (χ1n) is 6.59. The summed E-state index contributed by atoms with van der Waals surface area (Å²) >= 11 is 0. The van der Waals surface area contributed by atoms with Crippen molar-refractivity contribution in [3.63, 3.8) is 0 Å². The molecule has 3 heteroatoms. The lowest BCUT2D eigenvalue weighted by Gasteiger charge is -2.36. The molecule has 1 atom stereocenters. The fourth-order valence-electron chi connectivity index (χ4n) is 2.44. The first-order chi connectivity index (χ1) is 7.60. The predicted molar refractivity (Wildman–Crippen MR) is 65.1 cm³/mol. The van der Waals surface area contributed by atoms with Gasteiger partial charge in [-0.1, -0.05) is 13.8 Å². The summed E-state index contributed by atoms with van der Waals surface area (Å²) in [7, 11) is 0. The minimum Gasteiger partial charge on any atom is -0.355 e. The molecule has 1 aliphatic carbocycles. The Hall–Kier alpha value is -0.570. The van der Waals surface area contributed by atoms with Crippen molar-refractivity contribution < 1.29 is 4.79 Å². The number of nitrogens with one attached hydrogen (secondary N) is 2. The van der Waals surface area contributed by atoms with E-state index < -0.39 is 0 Å². The zero-order valence-corrected chi connectivity index (χ0v) is 10.5. The second-order valence-corrected chi connectivity index (χ2v) is 5.92. The third-order valence-electron chi connectivity index (χ3n) is 4.15. The Kier molecular flexibility index (Phi) is 3.53. The van der Waals surface area contributed by atoms with E-state index in [9.17, 15) is 4.79 Å². The maximum absolute atomic E-state index is 12.2. The first-order valence-corrected chi connectivity index (χ1v) is 6.59. The molecule has 16 heavy (non-hydrogen) atoms. The van der Waals surface area contributed by atoms with Crippen molar-refractivity contribution in [3.05, 3.63) is 0 Å². The van der Waals surface area contributed by atoms with Crippen molar-refractivity contribution in [1.82, 2.24) is 10.6 Å². The summed E-state index contributed by atoms with van der Waals surface area (Å²) in [5, 5.41) is 6.51. The molecule has 1 heterocycles. The molecule has 1 aliphatic heterocycles. The van der Waals surface area contributed by atoms with Crippen molar-refractivity contribution in [2.75, 3.05) is 19.6 Å². The van der Waals surface area contributed by atoms with Gasteiger partial charge >= 0.3 is 0 Å². The highest BCUT2D eigenvalue weighted by Gasteiger charge is 2.37. The summed E-state index contributed by atoms with van der Waals surface area (Å²) in [5.41, 5.74) is -0.220. The molecular formula is C13H24N2O. The van der Waals surface area contributed by atoms with Gasteiger partial charge in [0.15, 0.2) is 0 Å². The third-order valence-corrected chi connectivity index (χ3v) is 4.15. The van der Waals surface area contributed by atoms with Crippen LogP contribution < -0.4 is 10.6 Å². The monoisotopic (exact) mass is 224 g/mol. The molecule has 0 radical (unpaired) electrons. The zero-order valence-electron chi connectivity index (χ0n) is 10.5. The highest BCUT2D eigenvalue weighted by atomic mass is 16.2. The van der Waals surface area contributed by atoms with E-state index >= 15 is 0 Å². The lowest BCUT2D eigenvalue weighted by molar-refractivity contribution is -0.132. The molecular weight excluding hydrogens is 200 g/mol. The molecule has 2 rings (SSSR count). The van der Waals surface area contributed by atoms with Crippen molar-refractivity contribution in [3.8, 4) is 0 Å². The summed E-state index contributed by atoms with van der Waals surface area (Å²) in [6.45, 7) is 7.17. The lowest BCUT2D eigenvalue weighted by atomic mass is 9.74. The minimum absolute atomic E-state index is 0.220. The highest BCUT2D eigenvalue weighted by Crippen LogP contribution is 2.33. The van der Waals surface area contributed by atoms with E-state index in [1.165, 1.54) is 25.7 Å². The van der Waals surface area contributed by atoms with Gasteiger partial charge in [0.05, 0.1) is 0 Å².